The zero-order valence-corrected chi connectivity index (χ0v) is 13.1. The van der Waals surface area contributed by atoms with Crippen molar-refractivity contribution >= 4 is 5.91 Å². The molecule has 0 unspecified atom stereocenters. The van der Waals surface area contributed by atoms with E-state index in [1.807, 2.05) is 0 Å². The summed E-state index contributed by atoms with van der Waals surface area (Å²) >= 11 is 0. The molecular formula is C16H23F2N3O. The number of aryl methyl sites for hydroxylation is 1. The van der Waals surface area contributed by atoms with Crippen LogP contribution in [0.25, 0.3) is 0 Å². The van der Waals surface area contributed by atoms with Crippen LogP contribution in [0.3, 0.4) is 0 Å². The normalized spacial score (nSPS) is 28.3. The van der Waals surface area contributed by atoms with Crippen LogP contribution in [0.2, 0.25) is 0 Å². The molecule has 0 saturated heterocycles. The van der Waals surface area contributed by atoms with Gasteiger partial charge < -0.3 is 5.32 Å². The van der Waals surface area contributed by atoms with E-state index in [-0.39, 0.29) is 24.2 Å². The van der Waals surface area contributed by atoms with E-state index < -0.39 is 6.43 Å². The smallest absolute Gasteiger partial charge is 0.282 e. The lowest BCUT2D eigenvalue weighted by Gasteiger charge is -2.28. The van der Waals surface area contributed by atoms with Gasteiger partial charge in [-0.2, -0.15) is 5.10 Å². The molecule has 1 N–H and O–H groups in total. The number of aromatic nitrogens is 2. The lowest BCUT2D eigenvalue weighted by Crippen LogP contribution is -2.41. The zero-order chi connectivity index (χ0) is 15.9. The average Bonchev–Trinajstić information content (AvgIpc) is 3.14. The van der Waals surface area contributed by atoms with Crippen LogP contribution in [-0.4, -0.2) is 21.7 Å². The molecule has 6 heteroatoms. The molecule has 4 atom stereocenters. The number of nitrogens with one attached hydrogen (secondary N) is 1. The van der Waals surface area contributed by atoms with Crippen molar-refractivity contribution in [2.75, 3.05) is 0 Å². The van der Waals surface area contributed by atoms with Crippen molar-refractivity contribution in [1.29, 1.82) is 0 Å². The van der Waals surface area contributed by atoms with Gasteiger partial charge in [-0.15, -0.1) is 0 Å². The number of alkyl halides is 2. The molecule has 1 aromatic heterocycles. The van der Waals surface area contributed by atoms with Gasteiger partial charge in [-0.3, -0.25) is 9.48 Å². The van der Waals surface area contributed by atoms with Gasteiger partial charge in [-0.1, -0.05) is 6.42 Å². The third kappa shape index (κ3) is 3.01. The Kier molecular flexibility index (Phi) is 4.19. The number of rotatable bonds is 5. The van der Waals surface area contributed by atoms with Gasteiger partial charge in [0.2, 0.25) is 5.91 Å². The van der Waals surface area contributed by atoms with E-state index in [1.54, 1.807) is 6.92 Å². The first-order valence-electron chi connectivity index (χ1n) is 8.06. The second kappa shape index (κ2) is 5.97. The summed E-state index contributed by atoms with van der Waals surface area (Å²) in [5, 5.41) is 6.83. The summed E-state index contributed by atoms with van der Waals surface area (Å²) in [6.07, 6.45) is 2.54. The van der Waals surface area contributed by atoms with Crippen LogP contribution in [0.15, 0.2) is 6.07 Å². The quantitative estimate of drug-likeness (QED) is 0.908. The van der Waals surface area contributed by atoms with Crippen LogP contribution in [0.5, 0.6) is 0 Å². The molecule has 4 nitrogen and oxygen atoms in total. The van der Waals surface area contributed by atoms with Crippen LogP contribution < -0.4 is 5.32 Å². The molecule has 22 heavy (non-hydrogen) atoms. The van der Waals surface area contributed by atoms with E-state index in [4.69, 9.17) is 0 Å². The van der Waals surface area contributed by atoms with Crippen molar-refractivity contribution in [3.63, 3.8) is 0 Å². The number of carbonyl (C=O) groups excluding carboxylic acids is 1. The van der Waals surface area contributed by atoms with Crippen molar-refractivity contribution in [3.05, 3.63) is 17.5 Å². The van der Waals surface area contributed by atoms with Crippen LogP contribution in [0.1, 0.15) is 50.4 Å². The van der Waals surface area contributed by atoms with Crippen molar-refractivity contribution in [3.8, 4) is 0 Å². The van der Waals surface area contributed by atoms with Gasteiger partial charge in [0, 0.05) is 11.7 Å². The molecule has 0 radical (unpaired) electrons. The van der Waals surface area contributed by atoms with Crippen molar-refractivity contribution in [2.24, 2.45) is 17.8 Å². The summed E-state index contributed by atoms with van der Waals surface area (Å²) in [6, 6.07) is 1.48. The summed E-state index contributed by atoms with van der Waals surface area (Å²) in [5.41, 5.74) is 0.310. The minimum absolute atomic E-state index is 0.00368. The van der Waals surface area contributed by atoms with Gasteiger partial charge in [0.25, 0.3) is 6.43 Å². The topological polar surface area (TPSA) is 46.9 Å². The fourth-order valence-corrected chi connectivity index (χ4v) is 4.25. The van der Waals surface area contributed by atoms with Gasteiger partial charge >= 0.3 is 0 Å². The standard InChI is InChI=1S/C16H23F2N3O/c1-9-5-14(16(17)18)20-21(9)8-15(22)19-10(2)13-7-11-3-4-12(13)6-11/h5,10-13,16H,3-4,6-8H2,1-2H3,(H,19,22)/t10-,11+,12+,13+/m0/s1. The summed E-state index contributed by atoms with van der Waals surface area (Å²) < 4.78 is 26.6. The Morgan fingerprint density at radius 2 is 2.23 bits per heavy atom. The summed E-state index contributed by atoms with van der Waals surface area (Å²) in [6.45, 7) is 3.75. The minimum Gasteiger partial charge on any atom is -0.352 e. The molecule has 2 fully saturated rings. The first-order chi connectivity index (χ1) is 10.4. The van der Waals surface area contributed by atoms with E-state index in [0.29, 0.717) is 11.6 Å². The van der Waals surface area contributed by atoms with E-state index in [1.165, 1.54) is 36.4 Å². The fourth-order valence-electron chi connectivity index (χ4n) is 4.25. The van der Waals surface area contributed by atoms with Crippen LogP contribution in [0.4, 0.5) is 8.78 Å². The number of hydrogen-bond acceptors (Lipinski definition) is 2. The Balaban J connectivity index is 1.56. The largest absolute Gasteiger partial charge is 0.352 e. The highest BCUT2D eigenvalue weighted by molar-refractivity contribution is 5.76. The molecule has 2 bridgehead atoms. The predicted octanol–water partition coefficient (Wildman–Crippen LogP) is 3.07. The summed E-state index contributed by atoms with van der Waals surface area (Å²) in [7, 11) is 0. The maximum Gasteiger partial charge on any atom is 0.282 e. The third-order valence-corrected chi connectivity index (χ3v) is 5.34. The molecule has 1 amide bonds. The Morgan fingerprint density at radius 1 is 1.45 bits per heavy atom. The Labute approximate surface area is 129 Å². The van der Waals surface area contributed by atoms with Crippen LogP contribution in [0, 0.1) is 24.7 Å². The Morgan fingerprint density at radius 3 is 2.77 bits per heavy atom. The van der Waals surface area contributed by atoms with Gasteiger partial charge in [0.05, 0.1) is 0 Å². The monoisotopic (exact) mass is 311 g/mol. The Hall–Kier alpha value is -1.46. The molecule has 1 aromatic rings. The molecule has 2 aliphatic rings. The van der Waals surface area contributed by atoms with Gasteiger partial charge in [-0.25, -0.2) is 8.78 Å². The van der Waals surface area contributed by atoms with Gasteiger partial charge in [0.15, 0.2) is 0 Å². The van der Waals surface area contributed by atoms with Crippen LogP contribution in [-0.2, 0) is 11.3 Å². The van der Waals surface area contributed by atoms with Crippen molar-refractivity contribution in [1.82, 2.24) is 15.1 Å². The minimum atomic E-state index is -2.60. The molecule has 0 aliphatic heterocycles. The number of amides is 1. The molecule has 3 rings (SSSR count). The fraction of sp³-hybridized carbons (Fsp3) is 0.750. The molecule has 1 heterocycles. The number of nitrogens with zero attached hydrogens (tertiary/aromatic N) is 2. The van der Waals surface area contributed by atoms with E-state index in [9.17, 15) is 13.6 Å². The predicted molar refractivity (Wildman–Crippen MR) is 78.5 cm³/mol. The number of hydrogen-bond donors (Lipinski definition) is 1. The molecule has 0 spiro atoms. The van der Waals surface area contributed by atoms with Gasteiger partial charge in [-0.05, 0) is 56.9 Å². The highest BCUT2D eigenvalue weighted by atomic mass is 19.3. The number of fused-ring (bicyclic) bond motifs is 2. The molecule has 2 aliphatic carbocycles. The summed E-state index contributed by atoms with van der Waals surface area (Å²) in [5.74, 6) is 2.01. The second-order valence-corrected chi connectivity index (χ2v) is 6.86. The number of halogens is 2. The maximum absolute atomic E-state index is 12.6. The van der Waals surface area contributed by atoms with Crippen molar-refractivity contribution in [2.45, 2.75) is 58.5 Å². The lowest BCUT2D eigenvalue weighted by molar-refractivity contribution is -0.123. The first-order valence-corrected chi connectivity index (χ1v) is 8.06. The number of carbonyl (C=O) groups is 1. The van der Waals surface area contributed by atoms with E-state index >= 15 is 0 Å². The SMILES string of the molecule is Cc1cc(C(F)F)nn1CC(=O)N[C@@H](C)[C@H]1C[C@@H]2CC[C@@H]1C2. The Bertz CT molecular complexity index is 558. The van der Waals surface area contributed by atoms with Crippen LogP contribution >= 0.6 is 0 Å². The van der Waals surface area contributed by atoms with E-state index in [0.717, 1.165) is 11.8 Å². The second-order valence-electron chi connectivity index (χ2n) is 6.86. The van der Waals surface area contributed by atoms with E-state index in [2.05, 4.69) is 17.3 Å². The maximum atomic E-state index is 12.6. The molecule has 122 valence electrons. The van der Waals surface area contributed by atoms with Gasteiger partial charge in [0.1, 0.15) is 12.2 Å². The highest BCUT2D eigenvalue weighted by Gasteiger charge is 2.42. The first kappa shape index (κ1) is 15.4. The zero-order valence-electron chi connectivity index (χ0n) is 13.1. The molecular weight excluding hydrogens is 288 g/mol. The summed E-state index contributed by atoms with van der Waals surface area (Å²) in [4.78, 5) is 12.2. The lowest BCUT2D eigenvalue weighted by atomic mass is 9.84. The van der Waals surface area contributed by atoms with Crippen molar-refractivity contribution < 1.29 is 13.6 Å². The molecule has 2 saturated carbocycles. The highest BCUT2D eigenvalue weighted by Crippen LogP contribution is 2.49. The average molecular weight is 311 g/mol. The third-order valence-electron chi connectivity index (χ3n) is 5.34. The molecule has 0 aromatic carbocycles.